The van der Waals surface area contributed by atoms with Crippen LogP contribution in [-0.2, 0) is 11.3 Å². The van der Waals surface area contributed by atoms with Gasteiger partial charge in [0.25, 0.3) is 0 Å². The first-order chi connectivity index (χ1) is 14.7. The topological polar surface area (TPSA) is 105 Å². The predicted molar refractivity (Wildman–Crippen MR) is 116 cm³/mol. The summed E-state index contributed by atoms with van der Waals surface area (Å²) < 4.78 is 5.42. The van der Waals surface area contributed by atoms with Gasteiger partial charge in [-0.2, -0.15) is 9.97 Å². The van der Waals surface area contributed by atoms with E-state index in [1.54, 1.807) is 0 Å². The van der Waals surface area contributed by atoms with Gasteiger partial charge in [0.15, 0.2) is 0 Å². The first-order valence-corrected chi connectivity index (χ1v) is 10.6. The quantitative estimate of drug-likeness (QED) is 0.525. The van der Waals surface area contributed by atoms with Crippen molar-refractivity contribution in [3.05, 3.63) is 46.0 Å². The summed E-state index contributed by atoms with van der Waals surface area (Å²) in [5, 5.41) is 18.6. The number of nitro groups is 1. The van der Waals surface area contributed by atoms with Crippen molar-refractivity contribution >= 4 is 23.3 Å². The smallest absolute Gasteiger partial charge is 0.353 e. The van der Waals surface area contributed by atoms with Gasteiger partial charge in [0, 0.05) is 25.7 Å². The second-order valence-electron chi connectivity index (χ2n) is 7.74. The Balaban J connectivity index is 1.66. The molecule has 4 rings (SSSR count). The molecule has 1 saturated carbocycles. The third-order valence-corrected chi connectivity index (χ3v) is 5.60. The predicted octanol–water partition coefficient (Wildman–Crippen LogP) is 3.58. The zero-order valence-electron chi connectivity index (χ0n) is 17.0. The van der Waals surface area contributed by atoms with E-state index in [9.17, 15) is 10.1 Å². The molecule has 2 aliphatic rings. The lowest BCUT2D eigenvalue weighted by Crippen LogP contribution is -2.37. The highest BCUT2D eigenvalue weighted by atomic mass is 16.6. The number of ether oxygens (including phenoxy) is 1. The molecule has 2 aromatic rings. The van der Waals surface area contributed by atoms with Crippen LogP contribution in [0.5, 0.6) is 0 Å². The number of anilines is 3. The molecule has 2 fully saturated rings. The fourth-order valence-electron chi connectivity index (χ4n) is 4.00. The Morgan fingerprint density at radius 2 is 1.83 bits per heavy atom. The van der Waals surface area contributed by atoms with Crippen molar-refractivity contribution in [2.45, 2.75) is 44.7 Å². The molecule has 9 heteroatoms. The molecule has 1 aromatic carbocycles. The van der Waals surface area contributed by atoms with E-state index in [-0.39, 0.29) is 16.7 Å². The third-order valence-electron chi connectivity index (χ3n) is 5.60. The molecular weight excluding hydrogens is 384 g/mol. The molecule has 0 spiro atoms. The van der Waals surface area contributed by atoms with E-state index >= 15 is 0 Å². The first kappa shape index (κ1) is 20.3. The van der Waals surface area contributed by atoms with Gasteiger partial charge in [0.2, 0.25) is 17.6 Å². The highest BCUT2D eigenvalue weighted by molar-refractivity contribution is 5.73. The van der Waals surface area contributed by atoms with Crippen LogP contribution in [0.4, 0.5) is 23.3 Å². The fourth-order valence-corrected chi connectivity index (χ4v) is 4.00. The van der Waals surface area contributed by atoms with Gasteiger partial charge in [-0.3, -0.25) is 10.1 Å². The number of nitrogens with one attached hydrogen (secondary N) is 2. The Hall–Kier alpha value is -2.94. The van der Waals surface area contributed by atoms with Gasteiger partial charge < -0.3 is 20.3 Å². The Morgan fingerprint density at radius 1 is 1.10 bits per heavy atom. The van der Waals surface area contributed by atoms with E-state index in [0.717, 1.165) is 31.2 Å². The Labute approximate surface area is 176 Å². The number of hydrogen-bond acceptors (Lipinski definition) is 8. The Kier molecular flexibility index (Phi) is 6.58. The number of nitrogens with zero attached hydrogens (tertiary/aromatic N) is 4. The lowest BCUT2D eigenvalue weighted by atomic mass is 9.95. The van der Waals surface area contributed by atoms with Gasteiger partial charge in [-0.25, -0.2) is 0 Å². The summed E-state index contributed by atoms with van der Waals surface area (Å²) in [6, 6.07) is 10.2. The minimum Gasteiger partial charge on any atom is -0.378 e. The molecule has 2 heterocycles. The molecular formula is C21H28N6O3. The minimum atomic E-state index is -0.364. The van der Waals surface area contributed by atoms with Crippen LogP contribution in [-0.4, -0.2) is 47.2 Å². The van der Waals surface area contributed by atoms with Crippen LogP contribution < -0.4 is 15.5 Å². The highest BCUT2D eigenvalue weighted by Gasteiger charge is 2.31. The number of benzene rings is 1. The van der Waals surface area contributed by atoms with Crippen molar-refractivity contribution in [1.82, 2.24) is 9.97 Å². The normalized spacial score (nSPS) is 17.5. The third kappa shape index (κ3) is 4.96. The Morgan fingerprint density at radius 3 is 2.53 bits per heavy atom. The molecule has 1 aliphatic heterocycles. The highest BCUT2D eigenvalue weighted by Crippen LogP contribution is 2.36. The number of aromatic nitrogens is 2. The molecule has 0 radical (unpaired) electrons. The summed E-state index contributed by atoms with van der Waals surface area (Å²) >= 11 is 0. The lowest BCUT2D eigenvalue weighted by Gasteiger charge is -2.29. The lowest BCUT2D eigenvalue weighted by molar-refractivity contribution is -0.383. The van der Waals surface area contributed by atoms with Crippen LogP contribution >= 0.6 is 0 Å². The molecule has 0 bridgehead atoms. The van der Waals surface area contributed by atoms with E-state index in [2.05, 4.69) is 20.6 Å². The number of morpholine rings is 1. The zero-order valence-corrected chi connectivity index (χ0v) is 17.0. The van der Waals surface area contributed by atoms with Crippen molar-refractivity contribution in [2.24, 2.45) is 0 Å². The standard InChI is InChI=1S/C21H28N6O3/c28-27(29)18-19(23-17-9-5-2-6-10-17)24-21(22-15-16-7-3-1-4-8-16)25-20(18)26-11-13-30-14-12-26/h1,3-4,7-8,17H,2,5-6,9-15H2,(H2,22,23,24,25). The molecule has 9 nitrogen and oxygen atoms in total. The summed E-state index contributed by atoms with van der Waals surface area (Å²) in [6.07, 6.45) is 5.48. The molecule has 0 atom stereocenters. The van der Waals surface area contributed by atoms with E-state index in [4.69, 9.17) is 4.74 Å². The maximum absolute atomic E-state index is 12.0. The van der Waals surface area contributed by atoms with Gasteiger partial charge >= 0.3 is 5.69 Å². The first-order valence-electron chi connectivity index (χ1n) is 10.6. The Bertz CT molecular complexity index is 851. The summed E-state index contributed by atoms with van der Waals surface area (Å²) in [6.45, 7) is 2.74. The van der Waals surface area contributed by atoms with Crippen LogP contribution in [0.2, 0.25) is 0 Å². The van der Waals surface area contributed by atoms with Crippen molar-refractivity contribution < 1.29 is 9.66 Å². The van der Waals surface area contributed by atoms with Crippen molar-refractivity contribution in [2.75, 3.05) is 41.8 Å². The van der Waals surface area contributed by atoms with E-state index in [1.807, 2.05) is 35.2 Å². The SMILES string of the molecule is O=[N+]([O-])c1c(NC2CCCCC2)nc(NCc2ccccc2)nc1N1CCOCC1. The molecule has 1 aromatic heterocycles. The van der Waals surface area contributed by atoms with Gasteiger partial charge in [-0.1, -0.05) is 49.6 Å². The summed E-state index contributed by atoms with van der Waals surface area (Å²) in [5.41, 5.74) is 1.04. The average Bonchev–Trinajstić information content (AvgIpc) is 2.79. The van der Waals surface area contributed by atoms with E-state index in [0.29, 0.717) is 50.4 Å². The van der Waals surface area contributed by atoms with Crippen LogP contribution in [0, 0.1) is 10.1 Å². The van der Waals surface area contributed by atoms with Crippen LogP contribution in [0.1, 0.15) is 37.7 Å². The zero-order chi connectivity index (χ0) is 20.8. The van der Waals surface area contributed by atoms with Crippen LogP contribution in [0.25, 0.3) is 0 Å². The second kappa shape index (κ2) is 9.71. The molecule has 160 valence electrons. The fraction of sp³-hybridized carbons (Fsp3) is 0.524. The minimum absolute atomic E-state index is 0.0484. The van der Waals surface area contributed by atoms with Gasteiger partial charge in [0.1, 0.15) is 0 Å². The number of hydrogen-bond donors (Lipinski definition) is 2. The number of rotatable bonds is 7. The monoisotopic (exact) mass is 412 g/mol. The van der Waals surface area contributed by atoms with E-state index < -0.39 is 0 Å². The van der Waals surface area contributed by atoms with Crippen molar-refractivity contribution in [1.29, 1.82) is 0 Å². The maximum atomic E-state index is 12.0. The van der Waals surface area contributed by atoms with Crippen LogP contribution in [0.15, 0.2) is 30.3 Å². The molecule has 2 N–H and O–H groups in total. The van der Waals surface area contributed by atoms with E-state index in [1.165, 1.54) is 6.42 Å². The summed E-state index contributed by atoms with van der Waals surface area (Å²) in [7, 11) is 0. The summed E-state index contributed by atoms with van der Waals surface area (Å²) in [5.74, 6) is 1.05. The van der Waals surface area contributed by atoms with Crippen molar-refractivity contribution in [3.8, 4) is 0 Å². The largest absolute Gasteiger partial charge is 0.378 e. The van der Waals surface area contributed by atoms with Gasteiger partial charge in [-0.15, -0.1) is 0 Å². The maximum Gasteiger partial charge on any atom is 0.353 e. The summed E-state index contributed by atoms with van der Waals surface area (Å²) in [4.78, 5) is 22.7. The average molecular weight is 412 g/mol. The molecule has 30 heavy (non-hydrogen) atoms. The van der Waals surface area contributed by atoms with Gasteiger partial charge in [-0.05, 0) is 18.4 Å². The van der Waals surface area contributed by atoms with Crippen LogP contribution in [0.3, 0.4) is 0 Å². The second-order valence-corrected chi connectivity index (χ2v) is 7.74. The van der Waals surface area contributed by atoms with Crippen molar-refractivity contribution in [3.63, 3.8) is 0 Å². The molecule has 1 aliphatic carbocycles. The molecule has 0 amide bonds. The molecule has 1 saturated heterocycles. The molecule has 0 unspecified atom stereocenters. The van der Waals surface area contributed by atoms with Gasteiger partial charge in [0.05, 0.1) is 18.1 Å².